The van der Waals surface area contributed by atoms with Gasteiger partial charge in [-0.25, -0.2) is 9.97 Å². The summed E-state index contributed by atoms with van der Waals surface area (Å²) in [7, 11) is 0. The van der Waals surface area contributed by atoms with Gasteiger partial charge in [0, 0.05) is 17.6 Å². The highest BCUT2D eigenvalue weighted by molar-refractivity contribution is 6.03. The zero-order valence-corrected chi connectivity index (χ0v) is 15.2. The van der Waals surface area contributed by atoms with Gasteiger partial charge in [0.05, 0.1) is 0 Å². The average Bonchev–Trinajstić information content (AvgIpc) is 2.62. The maximum atomic E-state index is 12.5. The number of benzene rings is 2. The summed E-state index contributed by atoms with van der Waals surface area (Å²) in [6.45, 7) is 6.29. The Kier molecular flexibility index (Phi) is 5.27. The number of aromatic nitrogens is 2. The Morgan fingerprint density at radius 2 is 1.77 bits per heavy atom. The molecule has 1 aromatic heterocycles. The molecule has 2 aromatic carbocycles. The molecule has 0 aliphatic heterocycles. The molecule has 0 saturated heterocycles. The van der Waals surface area contributed by atoms with Crippen LogP contribution in [0.25, 0.3) is 0 Å². The van der Waals surface area contributed by atoms with E-state index in [0.29, 0.717) is 17.6 Å². The molecule has 3 rings (SSSR count). The molecule has 2 N–H and O–H groups in total. The molecule has 5 nitrogen and oxygen atoms in total. The highest BCUT2D eigenvalue weighted by Gasteiger charge is 2.10. The Morgan fingerprint density at radius 1 is 1.00 bits per heavy atom. The fourth-order valence-electron chi connectivity index (χ4n) is 2.54. The number of rotatable bonds is 5. The molecule has 0 spiro atoms. The van der Waals surface area contributed by atoms with Gasteiger partial charge in [0.15, 0.2) is 0 Å². The van der Waals surface area contributed by atoms with Crippen LogP contribution >= 0.6 is 0 Å². The van der Waals surface area contributed by atoms with E-state index in [-0.39, 0.29) is 5.91 Å². The van der Waals surface area contributed by atoms with E-state index < -0.39 is 0 Å². The zero-order chi connectivity index (χ0) is 18.5. The van der Waals surface area contributed by atoms with Gasteiger partial charge >= 0.3 is 0 Å². The summed E-state index contributed by atoms with van der Waals surface area (Å²) in [5.41, 5.74) is 4.30. The van der Waals surface area contributed by atoms with Gasteiger partial charge in [-0.1, -0.05) is 38.1 Å². The summed E-state index contributed by atoms with van der Waals surface area (Å²) in [4.78, 5) is 21.0. The maximum Gasteiger partial charge on any atom is 0.274 e. The summed E-state index contributed by atoms with van der Waals surface area (Å²) >= 11 is 0. The maximum absolute atomic E-state index is 12.5. The predicted molar refractivity (Wildman–Crippen MR) is 105 cm³/mol. The van der Waals surface area contributed by atoms with Crippen LogP contribution in [0.5, 0.6) is 0 Å². The lowest BCUT2D eigenvalue weighted by atomic mass is 10.0. The zero-order valence-electron chi connectivity index (χ0n) is 15.2. The Morgan fingerprint density at radius 3 is 2.46 bits per heavy atom. The first-order chi connectivity index (χ1) is 12.5. The molecule has 26 heavy (non-hydrogen) atoms. The lowest BCUT2D eigenvalue weighted by Crippen LogP contribution is -2.14. The second kappa shape index (κ2) is 7.78. The second-order valence-electron chi connectivity index (χ2n) is 6.49. The molecule has 0 aliphatic carbocycles. The summed E-state index contributed by atoms with van der Waals surface area (Å²) in [6, 6.07) is 17.3. The first-order valence-corrected chi connectivity index (χ1v) is 8.59. The number of hydrogen-bond acceptors (Lipinski definition) is 4. The van der Waals surface area contributed by atoms with E-state index in [9.17, 15) is 4.79 Å². The third kappa shape index (κ3) is 4.45. The Labute approximate surface area is 153 Å². The van der Waals surface area contributed by atoms with Crippen LogP contribution in [-0.2, 0) is 0 Å². The van der Waals surface area contributed by atoms with Crippen molar-refractivity contribution in [2.45, 2.75) is 26.7 Å². The van der Waals surface area contributed by atoms with Crippen LogP contribution < -0.4 is 10.6 Å². The highest BCUT2D eigenvalue weighted by Crippen LogP contribution is 2.18. The standard InChI is InChI=1S/C21H22N4O/c1-14(2)16-7-9-17(10-8-16)23-20(26)19-11-12-22-21(25-19)24-18-6-4-5-15(3)13-18/h4-14H,1-3H3,(H,23,26)(H,22,24,25). The van der Waals surface area contributed by atoms with Crippen molar-refractivity contribution in [2.75, 3.05) is 10.6 Å². The molecule has 1 heterocycles. The van der Waals surface area contributed by atoms with Crippen LogP contribution in [0.3, 0.4) is 0 Å². The summed E-state index contributed by atoms with van der Waals surface area (Å²) < 4.78 is 0. The lowest BCUT2D eigenvalue weighted by molar-refractivity contribution is 0.102. The van der Waals surface area contributed by atoms with Crippen molar-refractivity contribution < 1.29 is 4.79 Å². The minimum absolute atomic E-state index is 0.267. The summed E-state index contributed by atoms with van der Waals surface area (Å²) in [5.74, 6) is 0.576. The Hall–Kier alpha value is -3.21. The Balaban J connectivity index is 1.71. The SMILES string of the molecule is Cc1cccc(Nc2nccc(C(=O)Nc3ccc(C(C)C)cc3)n2)c1. The molecule has 0 atom stereocenters. The first kappa shape index (κ1) is 17.6. The largest absolute Gasteiger partial charge is 0.324 e. The minimum Gasteiger partial charge on any atom is -0.324 e. The van der Waals surface area contributed by atoms with Gasteiger partial charge in [-0.3, -0.25) is 4.79 Å². The van der Waals surface area contributed by atoms with Gasteiger partial charge in [0.25, 0.3) is 5.91 Å². The van der Waals surface area contributed by atoms with Crippen LogP contribution in [0.1, 0.15) is 41.4 Å². The van der Waals surface area contributed by atoms with E-state index in [0.717, 1.165) is 16.9 Å². The van der Waals surface area contributed by atoms with Crippen molar-refractivity contribution in [3.05, 3.63) is 77.6 Å². The van der Waals surface area contributed by atoms with E-state index in [4.69, 9.17) is 0 Å². The fraction of sp³-hybridized carbons (Fsp3) is 0.190. The molecule has 132 valence electrons. The number of aryl methyl sites for hydroxylation is 1. The van der Waals surface area contributed by atoms with Crippen molar-refractivity contribution in [3.63, 3.8) is 0 Å². The van der Waals surface area contributed by atoms with Crippen LogP contribution in [0.2, 0.25) is 0 Å². The number of nitrogens with one attached hydrogen (secondary N) is 2. The molecule has 0 fully saturated rings. The molecule has 0 saturated carbocycles. The molecule has 0 unspecified atom stereocenters. The van der Waals surface area contributed by atoms with E-state index >= 15 is 0 Å². The number of carbonyl (C=O) groups is 1. The predicted octanol–water partition coefficient (Wildman–Crippen LogP) is 4.90. The number of anilines is 3. The van der Waals surface area contributed by atoms with Crippen LogP contribution in [0, 0.1) is 6.92 Å². The molecular formula is C21H22N4O. The van der Waals surface area contributed by atoms with Crippen molar-refractivity contribution in [3.8, 4) is 0 Å². The van der Waals surface area contributed by atoms with E-state index in [1.165, 1.54) is 5.56 Å². The van der Waals surface area contributed by atoms with E-state index in [2.05, 4.69) is 34.4 Å². The molecule has 5 heteroatoms. The third-order valence-corrected chi connectivity index (χ3v) is 4.00. The molecule has 0 radical (unpaired) electrons. The van der Waals surface area contributed by atoms with Gasteiger partial charge in [-0.2, -0.15) is 0 Å². The molecule has 1 amide bonds. The summed E-state index contributed by atoms with van der Waals surface area (Å²) in [6.07, 6.45) is 1.57. The van der Waals surface area contributed by atoms with Crippen LogP contribution in [-0.4, -0.2) is 15.9 Å². The van der Waals surface area contributed by atoms with E-state index in [1.54, 1.807) is 12.3 Å². The van der Waals surface area contributed by atoms with Crippen LogP contribution in [0.15, 0.2) is 60.8 Å². The van der Waals surface area contributed by atoms with E-state index in [1.807, 2.05) is 55.5 Å². The minimum atomic E-state index is -0.267. The smallest absolute Gasteiger partial charge is 0.274 e. The van der Waals surface area contributed by atoms with Gasteiger partial charge in [-0.15, -0.1) is 0 Å². The lowest BCUT2D eigenvalue weighted by Gasteiger charge is -2.09. The number of carbonyl (C=O) groups excluding carboxylic acids is 1. The average molecular weight is 346 g/mol. The van der Waals surface area contributed by atoms with Crippen molar-refractivity contribution in [1.29, 1.82) is 0 Å². The number of amides is 1. The van der Waals surface area contributed by atoms with Crippen molar-refractivity contribution in [2.24, 2.45) is 0 Å². The Bertz CT molecular complexity index is 904. The second-order valence-corrected chi connectivity index (χ2v) is 6.49. The monoisotopic (exact) mass is 346 g/mol. The third-order valence-electron chi connectivity index (χ3n) is 4.00. The molecule has 0 aliphatic rings. The topological polar surface area (TPSA) is 66.9 Å². The number of nitrogens with zero attached hydrogens (tertiary/aromatic N) is 2. The van der Waals surface area contributed by atoms with Gasteiger partial charge in [0.1, 0.15) is 5.69 Å². The summed E-state index contributed by atoms with van der Waals surface area (Å²) in [5, 5.41) is 5.99. The molecule has 3 aromatic rings. The van der Waals surface area contributed by atoms with Crippen LogP contribution in [0.4, 0.5) is 17.3 Å². The van der Waals surface area contributed by atoms with Crippen molar-refractivity contribution >= 4 is 23.2 Å². The van der Waals surface area contributed by atoms with Gasteiger partial charge in [0.2, 0.25) is 5.95 Å². The van der Waals surface area contributed by atoms with Crippen molar-refractivity contribution in [1.82, 2.24) is 9.97 Å². The normalized spacial score (nSPS) is 10.6. The first-order valence-electron chi connectivity index (χ1n) is 8.59. The number of hydrogen-bond donors (Lipinski definition) is 2. The molecule has 0 bridgehead atoms. The fourth-order valence-corrected chi connectivity index (χ4v) is 2.54. The molecular weight excluding hydrogens is 324 g/mol. The highest BCUT2D eigenvalue weighted by atomic mass is 16.1. The van der Waals surface area contributed by atoms with Gasteiger partial charge in [-0.05, 0) is 54.3 Å². The quantitative estimate of drug-likeness (QED) is 0.689. The van der Waals surface area contributed by atoms with Gasteiger partial charge < -0.3 is 10.6 Å².